The van der Waals surface area contributed by atoms with Crippen LogP contribution in [0.3, 0.4) is 0 Å². The molecule has 26 heavy (non-hydrogen) atoms. The Bertz CT molecular complexity index is 803. The van der Waals surface area contributed by atoms with E-state index in [0.29, 0.717) is 6.07 Å². The molecule has 0 spiro atoms. The van der Waals surface area contributed by atoms with Crippen LogP contribution >= 0.6 is 11.6 Å². The summed E-state index contributed by atoms with van der Waals surface area (Å²) in [6, 6.07) is 0.576. The quantitative estimate of drug-likeness (QED) is 0.682. The van der Waals surface area contributed by atoms with E-state index in [-0.39, 0.29) is 4.31 Å². The summed E-state index contributed by atoms with van der Waals surface area (Å²) in [5, 5.41) is -0.935. The number of carbonyl (C=O) groups excluding carboxylic acids is 1. The normalized spacial score (nSPS) is 17.4. The van der Waals surface area contributed by atoms with Gasteiger partial charge in [-0.15, -0.1) is 0 Å². The highest BCUT2D eigenvalue weighted by atomic mass is 35.5. The molecule has 1 amide bonds. The number of carbonyl (C=O) groups is 1. The van der Waals surface area contributed by atoms with Gasteiger partial charge in [0.1, 0.15) is 5.69 Å². The highest BCUT2D eigenvalue weighted by molar-refractivity contribution is 7.90. The molecule has 1 saturated heterocycles. The summed E-state index contributed by atoms with van der Waals surface area (Å²) in [7, 11) is -5.54. The summed E-state index contributed by atoms with van der Waals surface area (Å²) in [5.74, 6) is -1.04. The molecule has 2 heterocycles. The first-order valence-electron chi connectivity index (χ1n) is 6.84. The van der Waals surface area contributed by atoms with Crippen LogP contribution in [0.2, 0.25) is 5.02 Å². The number of nitrogens with zero attached hydrogens (tertiary/aromatic N) is 3. The van der Waals surface area contributed by atoms with Crippen molar-refractivity contribution in [1.29, 1.82) is 0 Å². The molecule has 1 aliphatic heterocycles. The van der Waals surface area contributed by atoms with Gasteiger partial charge < -0.3 is 4.90 Å². The van der Waals surface area contributed by atoms with Crippen LogP contribution in [-0.4, -0.2) is 60.2 Å². The Labute approximate surface area is 148 Å². The summed E-state index contributed by atoms with van der Waals surface area (Å²) in [4.78, 5) is 16.7. The van der Waals surface area contributed by atoms with E-state index < -0.39 is 70.1 Å². The van der Waals surface area contributed by atoms with Gasteiger partial charge in [0.15, 0.2) is 0 Å². The molecule has 14 heteroatoms. The molecule has 0 aromatic carbocycles. The molecule has 0 atom stereocenters. The van der Waals surface area contributed by atoms with Crippen molar-refractivity contribution in [2.24, 2.45) is 0 Å². The van der Waals surface area contributed by atoms with Crippen LogP contribution in [0.4, 0.5) is 26.3 Å². The molecular formula is C12H10ClF6N3O3S. The maximum Gasteiger partial charge on any atom is 0.511 e. The molecule has 0 unspecified atom stereocenters. The minimum absolute atomic E-state index is 0.151. The van der Waals surface area contributed by atoms with E-state index in [0.717, 1.165) is 11.1 Å². The fourth-order valence-corrected chi connectivity index (χ4v) is 3.48. The van der Waals surface area contributed by atoms with E-state index in [1.54, 1.807) is 0 Å². The van der Waals surface area contributed by atoms with E-state index >= 15 is 0 Å². The van der Waals surface area contributed by atoms with Crippen molar-refractivity contribution in [3.05, 3.63) is 28.5 Å². The van der Waals surface area contributed by atoms with E-state index in [2.05, 4.69) is 4.98 Å². The Balaban J connectivity index is 2.18. The van der Waals surface area contributed by atoms with Crippen LogP contribution in [0.25, 0.3) is 0 Å². The van der Waals surface area contributed by atoms with Gasteiger partial charge >= 0.3 is 21.7 Å². The smallest absolute Gasteiger partial charge is 0.335 e. The van der Waals surface area contributed by atoms with Crippen LogP contribution in [0.15, 0.2) is 12.3 Å². The first-order chi connectivity index (χ1) is 11.8. The fraction of sp³-hybridized carbons (Fsp3) is 0.500. The predicted molar refractivity (Wildman–Crippen MR) is 76.7 cm³/mol. The second-order valence-electron chi connectivity index (χ2n) is 5.16. The standard InChI is InChI=1S/C12H10ClF6N3O3S/c13-8-7(11(14,15)16)1-2-20-9(8)10(23)21-3-5-22(6-4-21)26(24,25)12(17,18)19/h1-2H,3-6H2. The number of amides is 1. The predicted octanol–water partition coefficient (Wildman–Crippen LogP) is 2.36. The van der Waals surface area contributed by atoms with Crippen molar-refractivity contribution in [3.63, 3.8) is 0 Å². The third-order valence-corrected chi connectivity index (χ3v) is 5.57. The fourth-order valence-electron chi connectivity index (χ4n) is 2.24. The van der Waals surface area contributed by atoms with Gasteiger partial charge in [-0.1, -0.05) is 11.6 Å². The van der Waals surface area contributed by atoms with E-state index in [4.69, 9.17) is 11.6 Å². The lowest BCUT2D eigenvalue weighted by Gasteiger charge is -2.34. The van der Waals surface area contributed by atoms with Gasteiger partial charge in [-0.25, -0.2) is 13.4 Å². The van der Waals surface area contributed by atoms with Gasteiger partial charge in [0, 0.05) is 32.4 Å². The van der Waals surface area contributed by atoms with Gasteiger partial charge in [-0.2, -0.15) is 30.6 Å². The van der Waals surface area contributed by atoms with Crippen LogP contribution in [0, 0.1) is 0 Å². The number of hydrogen-bond donors (Lipinski definition) is 0. The Hall–Kier alpha value is -1.60. The highest BCUT2D eigenvalue weighted by Gasteiger charge is 2.50. The SMILES string of the molecule is O=C(c1nccc(C(F)(F)F)c1Cl)N1CCN(S(=O)(=O)C(F)(F)F)CC1. The monoisotopic (exact) mass is 425 g/mol. The number of hydrogen-bond acceptors (Lipinski definition) is 4. The minimum Gasteiger partial charge on any atom is -0.335 e. The molecule has 0 N–H and O–H groups in total. The Morgan fingerprint density at radius 1 is 1.08 bits per heavy atom. The van der Waals surface area contributed by atoms with Crippen LogP contribution in [0.5, 0.6) is 0 Å². The van der Waals surface area contributed by atoms with Crippen molar-refractivity contribution in [1.82, 2.24) is 14.2 Å². The number of piperazine rings is 1. The average molecular weight is 426 g/mol. The summed E-state index contributed by atoms with van der Waals surface area (Å²) in [6.45, 7) is -2.24. The highest BCUT2D eigenvalue weighted by Crippen LogP contribution is 2.36. The Kier molecular flexibility index (Phi) is 5.46. The lowest BCUT2D eigenvalue weighted by molar-refractivity contribution is -0.137. The van der Waals surface area contributed by atoms with Crippen LogP contribution in [-0.2, 0) is 16.2 Å². The number of alkyl halides is 6. The first-order valence-corrected chi connectivity index (χ1v) is 8.66. The van der Waals surface area contributed by atoms with Gasteiger partial charge in [0.2, 0.25) is 0 Å². The third-order valence-electron chi connectivity index (χ3n) is 3.56. The molecular weight excluding hydrogens is 416 g/mol. The summed E-state index contributed by atoms with van der Waals surface area (Å²) < 4.78 is 98.7. The molecule has 0 bridgehead atoms. The molecule has 1 aromatic heterocycles. The number of rotatable bonds is 2. The van der Waals surface area contributed by atoms with Gasteiger partial charge in [0.25, 0.3) is 5.91 Å². The molecule has 0 radical (unpaired) electrons. The number of pyridine rings is 1. The zero-order valence-electron chi connectivity index (χ0n) is 12.6. The van der Waals surface area contributed by atoms with Crippen molar-refractivity contribution >= 4 is 27.5 Å². The van der Waals surface area contributed by atoms with E-state index in [1.165, 1.54) is 0 Å². The number of halogens is 7. The second kappa shape index (κ2) is 6.85. The Morgan fingerprint density at radius 2 is 1.62 bits per heavy atom. The van der Waals surface area contributed by atoms with E-state index in [1.807, 2.05) is 0 Å². The number of sulfonamides is 1. The molecule has 0 aliphatic carbocycles. The maximum absolute atomic E-state index is 12.8. The van der Waals surface area contributed by atoms with Gasteiger partial charge in [-0.05, 0) is 6.07 Å². The molecule has 0 saturated carbocycles. The Morgan fingerprint density at radius 3 is 2.08 bits per heavy atom. The second-order valence-corrected chi connectivity index (χ2v) is 7.47. The molecule has 1 aliphatic rings. The minimum atomic E-state index is -5.54. The summed E-state index contributed by atoms with van der Waals surface area (Å²) in [6.07, 6.45) is -4.10. The molecule has 6 nitrogen and oxygen atoms in total. The van der Waals surface area contributed by atoms with Crippen LogP contribution in [0.1, 0.15) is 16.1 Å². The molecule has 1 fully saturated rings. The zero-order valence-corrected chi connectivity index (χ0v) is 14.2. The third kappa shape index (κ3) is 3.88. The largest absolute Gasteiger partial charge is 0.511 e. The van der Waals surface area contributed by atoms with E-state index in [9.17, 15) is 39.6 Å². The maximum atomic E-state index is 12.8. The first kappa shape index (κ1) is 20.7. The van der Waals surface area contributed by atoms with Crippen molar-refractivity contribution < 1.29 is 39.6 Å². The zero-order chi connectivity index (χ0) is 19.9. The van der Waals surface area contributed by atoms with Gasteiger partial charge in [-0.3, -0.25) is 4.79 Å². The average Bonchev–Trinajstić information content (AvgIpc) is 2.52. The summed E-state index contributed by atoms with van der Waals surface area (Å²) in [5.41, 5.74) is -7.48. The molecule has 1 aromatic rings. The van der Waals surface area contributed by atoms with Crippen molar-refractivity contribution in [3.8, 4) is 0 Å². The lowest BCUT2D eigenvalue weighted by atomic mass is 10.2. The summed E-state index contributed by atoms with van der Waals surface area (Å²) >= 11 is 5.58. The van der Waals surface area contributed by atoms with Crippen molar-refractivity contribution in [2.45, 2.75) is 11.7 Å². The topological polar surface area (TPSA) is 70.6 Å². The van der Waals surface area contributed by atoms with Crippen LogP contribution < -0.4 is 0 Å². The van der Waals surface area contributed by atoms with Crippen molar-refractivity contribution in [2.75, 3.05) is 26.2 Å². The van der Waals surface area contributed by atoms with Gasteiger partial charge in [0.05, 0.1) is 10.6 Å². The number of aromatic nitrogens is 1. The lowest BCUT2D eigenvalue weighted by Crippen LogP contribution is -2.53. The molecule has 2 rings (SSSR count). The molecule has 146 valence electrons.